The molecule has 0 saturated carbocycles. The van der Waals surface area contributed by atoms with Crippen LogP contribution in [0.1, 0.15) is 51.1 Å². The molecule has 2 aliphatic rings. The van der Waals surface area contributed by atoms with Gasteiger partial charge in [0.1, 0.15) is 0 Å². The second kappa shape index (κ2) is 8.87. The SMILES string of the molecule is CC1CCN(C(=O)C2CCN(C(=O)C(C)C(N)c3ccccc3)CC2)CC1. The van der Waals surface area contributed by atoms with E-state index in [9.17, 15) is 9.59 Å². The number of hydrogen-bond acceptors (Lipinski definition) is 3. The number of piperidine rings is 2. The zero-order valence-corrected chi connectivity index (χ0v) is 16.6. The summed E-state index contributed by atoms with van der Waals surface area (Å²) in [5.74, 6) is 0.930. The average Bonchev–Trinajstić information content (AvgIpc) is 2.73. The van der Waals surface area contributed by atoms with E-state index in [1.807, 2.05) is 47.1 Å². The Hall–Kier alpha value is -1.88. The summed E-state index contributed by atoms with van der Waals surface area (Å²) in [5.41, 5.74) is 7.31. The minimum absolute atomic E-state index is 0.0700. The van der Waals surface area contributed by atoms with E-state index >= 15 is 0 Å². The van der Waals surface area contributed by atoms with Crippen molar-refractivity contribution < 1.29 is 9.59 Å². The van der Waals surface area contributed by atoms with Crippen LogP contribution in [0.25, 0.3) is 0 Å². The average molecular weight is 372 g/mol. The molecule has 0 spiro atoms. The Bertz CT molecular complexity index is 632. The van der Waals surface area contributed by atoms with Crippen molar-refractivity contribution in [2.75, 3.05) is 26.2 Å². The summed E-state index contributed by atoms with van der Waals surface area (Å²) >= 11 is 0. The fraction of sp³-hybridized carbons (Fsp3) is 0.636. The molecular weight excluding hydrogens is 338 g/mol. The molecule has 2 fully saturated rings. The van der Waals surface area contributed by atoms with E-state index < -0.39 is 0 Å². The van der Waals surface area contributed by atoms with Gasteiger partial charge in [0, 0.05) is 38.1 Å². The van der Waals surface area contributed by atoms with E-state index in [1.165, 1.54) is 0 Å². The Morgan fingerprint density at radius 1 is 0.963 bits per heavy atom. The third-order valence-electron chi connectivity index (χ3n) is 6.36. The first-order valence-electron chi connectivity index (χ1n) is 10.4. The van der Waals surface area contributed by atoms with Crippen molar-refractivity contribution in [1.82, 2.24) is 9.80 Å². The molecular formula is C22H33N3O2. The number of rotatable bonds is 4. The molecule has 2 saturated heterocycles. The maximum absolute atomic E-state index is 12.9. The van der Waals surface area contributed by atoms with Crippen LogP contribution in [0.4, 0.5) is 0 Å². The molecule has 0 radical (unpaired) electrons. The summed E-state index contributed by atoms with van der Waals surface area (Å²) in [6.07, 6.45) is 3.75. The number of carbonyl (C=O) groups is 2. The molecule has 0 bridgehead atoms. The number of nitrogens with two attached hydrogens (primary N) is 1. The summed E-state index contributed by atoms with van der Waals surface area (Å²) in [6.45, 7) is 7.26. The second-order valence-electron chi connectivity index (χ2n) is 8.33. The molecule has 5 heteroatoms. The van der Waals surface area contributed by atoms with Crippen LogP contribution < -0.4 is 5.73 Å². The molecule has 2 heterocycles. The fourth-order valence-electron chi connectivity index (χ4n) is 4.24. The molecule has 0 aromatic heterocycles. The minimum Gasteiger partial charge on any atom is -0.342 e. The van der Waals surface area contributed by atoms with Crippen LogP contribution in [0.3, 0.4) is 0 Å². The van der Waals surface area contributed by atoms with Crippen molar-refractivity contribution in [1.29, 1.82) is 0 Å². The molecule has 27 heavy (non-hydrogen) atoms. The van der Waals surface area contributed by atoms with E-state index in [0.29, 0.717) is 19.0 Å². The highest BCUT2D eigenvalue weighted by atomic mass is 16.2. The number of likely N-dealkylation sites (tertiary alicyclic amines) is 2. The maximum atomic E-state index is 12.9. The first kappa shape index (κ1) is 19.9. The second-order valence-corrected chi connectivity index (χ2v) is 8.33. The van der Waals surface area contributed by atoms with E-state index in [0.717, 1.165) is 50.3 Å². The van der Waals surface area contributed by atoms with Gasteiger partial charge in [-0.25, -0.2) is 0 Å². The molecule has 2 atom stereocenters. The van der Waals surface area contributed by atoms with Gasteiger partial charge >= 0.3 is 0 Å². The quantitative estimate of drug-likeness (QED) is 0.885. The number of amides is 2. The Morgan fingerprint density at radius 3 is 2.11 bits per heavy atom. The molecule has 2 amide bonds. The molecule has 3 rings (SSSR count). The van der Waals surface area contributed by atoms with Gasteiger partial charge in [-0.2, -0.15) is 0 Å². The van der Waals surface area contributed by atoms with Crippen LogP contribution in [-0.2, 0) is 9.59 Å². The lowest BCUT2D eigenvalue weighted by atomic mass is 9.90. The first-order valence-corrected chi connectivity index (χ1v) is 10.4. The monoisotopic (exact) mass is 371 g/mol. The van der Waals surface area contributed by atoms with Gasteiger partial charge in [-0.15, -0.1) is 0 Å². The Kier molecular flexibility index (Phi) is 6.53. The van der Waals surface area contributed by atoms with E-state index in [4.69, 9.17) is 5.73 Å². The molecule has 0 aliphatic carbocycles. The number of hydrogen-bond donors (Lipinski definition) is 1. The van der Waals surface area contributed by atoms with Gasteiger partial charge in [0.15, 0.2) is 0 Å². The summed E-state index contributed by atoms with van der Waals surface area (Å²) in [7, 11) is 0. The lowest BCUT2D eigenvalue weighted by Crippen LogP contribution is -2.48. The maximum Gasteiger partial charge on any atom is 0.227 e. The highest BCUT2D eigenvalue weighted by molar-refractivity contribution is 5.81. The zero-order valence-electron chi connectivity index (χ0n) is 16.6. The van der Waals surface area contributed by atoms with Crippen LogP contribution in [0.5, 0.6) is 0 Å². The molecule has 5 nitrogen and oxygen atoms in total. The molecule has 1 aromatic rings. The first-order chi connectivity index (χ1) is 13.0. The van der Waals surface area contributed by atoms with Gasteiger partial charge in [-0.05, 0) is 37.2 Å². The van der Waals surface area contributed by atoms with Crippen LogP contribution in [0, 0.1) is 17.8 Å². The third kappa shape index (κ3) is 4.70. The van der Waals surface area contributed by atoms with Crippen molar-refractivity contribution in [3.8, 4) is 0 Å². The number of benzene rings is 1. The minimum atomic E-state index is -0.298. The number of carbonyl (C=O) groups excluding carboxylic acids is 2. The van der Waals surface area contributed by atoms with E-state index in [2.05, 4.69) is 6.92 Å². The summed E-state index contributed by atoms with van der Waals surface area (Å²) in [5, 5.41) is 0. The summed E-state index contributed by atoms with van der Waals surface area (Å²) in [4.78, 5) is 29.6. The van der Waals surface area contributed by atoms with E-state index in [1.54, 1.807) is 0 Å². The van der Waals surface area contributed by atoms with Crippen LogP contribution in [-0.4, -0.2) is 47.8 Å². The van der Waals surface area contributed by atoms with Gasteiger partial charge in [0.25, 0.3) is 0 Å². The Morgan fingerprint density at radius 2 is 1.52 bits per heavy atom. The van der Waals surface area contributed by atoms with Crippen LogP contribution >= 0.6 is 0 Å². The van der Waals surface area contributed by atoms with Crippen molar-refractivity contribution in [3.05, 3.63) is 35.9 Å². The smallest absolute Gasteiger partial charge is 0.227 e. The van der Waals surface area contributed by atoms with E-state index in [-0.39, 0.29) is 23.8 Å². The van der Waals surface area contributed by atoms with Crippen LogP contribution in [0.2, 0.25) is 0 Å². The van der Waals surface area contributed by atoms with Crippen LogP contribution in [0.15, 0.2) is 30.3 Å². The Balaban J connectivity index is 1.51. The van der Waals surface area contributed by atoms with Crippen molar-refractivity contribution >= 4 is 11.8 Å². The number of nitrogens with zero attached hydrogens (tertiary/aromatic N) is 2. The summed E-state index contributed by atoms with van der Waals surface area (Å²) < 4.78 is 0. The lowest BCUT2D eigenvalue weighted by Gasteiger charge is -2.37. The predicted octanol–water partition coefficient (Wildman–Crippen LogP) is 2.82. The molecule has 148 valence electrons. The molecule has 1 aromatic carbocycles. The summed E-state index contributed by atoms with van der Waals surface area (Å²) in [6, 6.07) is 9.49. The highest BCUT2D eigenvalue weighted by Gasteiger charge is 2.33. The normalized spacial score (nSPS) is 21.7. The molecule has 2 aliphatic heterocycles. The van der Waals surface area contributed by atoms with Gasteiger partial charge < -0.3 is 15.5 Å². The Labute approximate surface area is 162 Å². The standard InChI is InChI=1S/C22H33N3O2/c1-16-8-12-25(13-9-16)22(27)19-10-14-24(15-11-19)21(26)17(2)20(23)18-6-4-3-5-7-18/h3-7,16-17,19-20H,8-15,23H2,1-2H3. The molecule has 2 unspecified atom stereocenters. The van der Waals surface area contributed by atoms with Crippen molar-refractivity contribution in [3.63, 3.8) is 0 Å². The molecule has 2 N–H and O–H groups in total. The van der Waals surface area contributed by atoms with Gasteiger partial charge in [0.2, 0.25) is 11.8 Å². The predicted molar refractivity (Wildman–Crippen MR) is 107 cm³/mol. The van der Waals surface area contributed by atoms with Crippen molar-refractivity contribution in [2.45, 2.75) is 45.6 Å². The van der Waals surface area contributed by atoms with Gasteiger partial charge in [0.05, 0.1) is 5.92 Å². The lowest BCUT2D eigenvalue weighted by molar-refractivity contribution is -0.143. The fourth-order valence-corrected chi connectivity index (χ4v) is 4.24. The highest BCUT2D eigenvalue weighted by Crippen LogP contribution is 2.26. The van der Waals surface area contributed by atoms with Gasteiger partial charge in [-0.1, -0.05) is 44.2 Å². The van der Waals surface area contributed by atoms with Crippen molar-refractivity contribution in [2.24, 2.45) is 23.5 Å². The topological polar surface area (TPSA) is 66.6 Å². The largest absolute Gasteiger partial charge is 0.342 e. The zero-order chi connectivity index (χ0) is 19.4. The third-order valence-corrected chi connectivity index (χ3v) is 6.36. The van der Waals surface area contributed by atoms with Gasteiger partial charge in [-0.3, -0.25) is 9.59 Å².